The van der Waals surface area contributed by atoms with Gasteiger partial charge in [0.05, 0.1) is 0 Å². The molecule has 0 amide bonds. The maximum atomic E-state index is 6.81. The molecule has 0 N–H and O–H groups in total. The molecule has 2 atom stereocenters. The second kappa shape index (κ2) is 15.6. The number of anilines is 3. The molecule has 11 aromatic rings. The third kappa shape index (κ3) is 6.72. The van der Waals surface area contributed by atoms with Gasteiger partial charge in [-0.1, -0.05) is 146 Å². The highest BCUT2D eigenvalue weighted by Gasteiger charge is 2.29. The van der Waals surface area contributed by atoms with Gasteiger partial charge in [-0.3, -0.25) is 0 Å². The Morgan fingerprint density at radius 2 is 0.984 bits per heavy atom. The molecule has 63 heavy (non-hydrogen) atoms. The Morgan fingerprint density at radius 3 is 1.73 bits per heavy atom. The van der Waals surface area contributed by atoms with E-state index in [1.165, 1.54) is 24.0 Å². The fourth-order valence-electron chi connectivity index (χ4n) is 9.89. The van der Waals surface area contributed by atoms with Crippen molar-refractivity contribution in [3.8, 4) is 34.2 Å². The molecule has 0 bridgehead atoms. The number of para-hydroxylation sites is 2. The minimum Gasteiger partial charge on any atom is -0.456 e. The summed E-state index contributed by atoms with van der Waals surface area (Å²) in [5, 5.41) is 4.17. The summed E-state index contributed by atoms with van der Waals surface area (Å²) in [6.07, 6.45) is 4.66. The number of furan rings is 2. The molecule has 1 aliphatic carbocycles. The summed E-state index contributed by atoms with van der Waals surface area (Å²) in [6, 6.07) is 67.9. The first kappa shape index (κ1) is 37.0. The van der Waals surface area contributed by atoms with Gasteiger partial charge in [0.15, 0.2) is 17.5 Å². The van der Waals surface area contributed by atoms with Crippen LogP contribution in [0.4, 0.5) is 17.1 Å². The van der Waals surface area contributed by atoms with E-state index in [1.54, 1.807) is 0 Å². The van der Waals surface area contributed by atoms with Crippen molar-refractivity contribution in [1.82, 2.24) is 15.0 Å². The highest BCUT2D eigenvalue weighted by molar-refractivity contribution is 6.13. The highest BCUT2D eigenvalue weighted by Crippen LogP contribution is 2.48. The van der Waals surface area contributed by atoms with Gasteiger partial charge >= 0.3 is 0 Å². The van der Waals surface area contributed by atoms with Crippen molar-refractivity contribution in [2.75, 3.05) is 4.90 Å². The molecule has 6 heteroatoms. The molecule has 1 aliphatic rings. The van der Waals surface area contributed by atoms with E-state index < -0.39 is 0 Å². The Balaban J connectivity index is 1.01. The van der Waals surface area contributed by atoms with Crippen LogP contribution in [0.3, 0.4) is 0 Å². The Bertz CT molecular complexity index is 3370. The van der Waals surface area contributed by atoms with Crippen LogP contribution in [-0.4, -0.2) is 15.0 Å². The number of rotatable bonds is 8. The topological polar surface area (TPSA) is 68.2 Å². The molecule has 8 aromatic carbocycles. The average Bonchev–Trinajstić information content (AvgIpc) is 3.93. The van der Waals surface area contributed by atoms with Crippen LogP contribution in [0.1, 0.15) is 48.6 Å². The predicted octanol–water partition coefficient (Wildman–Crippen LogP) is 15.6. The van der Waals surface area contributed by atoms with Crippen LogP contribution in [0, 0.1) is 0 Å². The second-order valence-corrected chi connectivity index (χ2v) is 16.6. The Morgan fingerprint density at radius 1 is 0.429 bits per heavy atom. The molecule has 1 fully saturated rings. The van der Waals surface area contributed by atoms with Gasteiger partial charge in [0.25, 0.3) is 0 Å². The first-order chi connectivity index (χ1) is 31.2. The van der Waals surface area contributed by atoms with Gasteiger partial charge in [-0.25, -0.2) is 15.0 Å². The molecule has 2 unspecified atom stereocenters. The van der Waals surface area contributed by atoms with E-state index in [4.69, 9.17) is 23.8 Å². The summed E-state index contributed by atoms with van der Waals surface area (Å²) in [5.74, 6) is 2.76. The van der Waals surface area contributed by atoms with Crippen LogP contribution in [0.25, 0.3) is 78.0 Å². The first-order valence-corrected chi connectivity index (χ1v) is 21.9. The summed E-state index contributed by atoms with van der Waals surface area (Å²) in [6.45, 7) is 0. The van der Waals surface area contributed by atoms with E-state index in [0.717, 1.165) is 90.5 Å². The van der Waals surface area contributed by atoms with E-state index >= 15 is 0 Å². The standard InChI is InChI=1S/C57H42N4O2/c1-4-16-37(17-5-1)40-22-14-23-41(34-40)44-24-10-12-27-49(44)61(42-30-32-46-45-25-11-13-28-50(45)62-52(46)35-42)43-31-33-47-53(36-43)63-51-29-15-26-48(54(47)51)57-59-55(38-18-6-2-7-19-38)58-56(60-57)39-20-8-3-9-21-39/h1-13,15-21,24-33,35-36,40-41H,14,22-23,34H2. The molecule has 6 nitrogen and oxygen atoms in total. The maximum Gasteiger partial charge on any atom is 0.164 e. The van der Waals surface area contributed by atoms with E-state index in [2.05, 4.69) is 114 Å². The number of aromatic nitrogens is 3. The molecule has 12 rings (SSSR count). The summed E-state index contributed by atoms with van der Waals surface area (Å²) in [4.78, 5) is 17.5. The summed E-state index contributed by atoms with van der Waals surface area (Å²) in [7, 11) is 0. The fourth-order valence-corrected chi connectivity index (χ4v) is 9.89. The smallest absolute Gasteiger partial charge is 0.164 e. The van der Waals surface area contributed by atoms with Crippen LogP contribution in [0.15, 0.2) is 203 Å². The number of benzene rings is 8. The lowest BCUT2D eigenvalue weighted by Crippen LogP contribution is -2.17. The van der Waals surface area contributed by atoms with Gasteiger partial charge in [-0.05, 0) is 84.7 Å². The zero-order valence-electron chi connectivity index (χ0n) is 34.6. The lowest BCUT2D eigenvalue weighted by Gasteiger charge is -2.34. The molecule has 302 valence electrons. The van der Waals surface area contributed by atoms with Gasteiger partial charge in [-0.2, -0.15) is 0 Å². The van der Waals surface area contributed by atoms with Crippen LogP contribution < -0.4 is 4.90 Å². The third-order valence-corrected chi connectivity index (χ3v) is 12.9. The van der Waals surface area contributed by atoms with Crippen LogP contribution in [0.5, 0.6) is 0 Å². The highest BCUT2D eigenvalue weighted by atomic mass is 16.3. The lowest BCUT2D eigenvalue weighted by atomic mass is 9.75. The van der Waals surface area contributed by atoms with Crippen LogP contribution in [0.2, 0.25) is 0 Å². The molecule has 1 saturated carbocycles. The van der Waals surface area contributed by atoms with E-state index in [0.29, 0.717) is 29.3 Å². The molecule has 0 saturated heterocycles. The third-order valence-electron chi connectivity index (χ3n) is 12.9. The van der Waals surface area contributed by atoms with Crippen LogP contribution >= 0.6 is 0 Å². The van der Waals surface area contributed by atoms with Gasteiger partial charge < -0.3 is 13.7 Å². The van der Waals surface area contributed by atoms with Gasteiger partial charge in [0, 0.05) is 67.4 Å². The van der Waals surface area contributed by atoms with Gasteiger partial charge in [-0.15, -0.1) is 0 Å². The molecule has 3 aromatic heterocycles. The maximum absolute atomic E-state index is 6.81. The first-order valence-electron chi connectivity index (χ1n) is 21.9. The van der Waals surface area contributed by atoms with Crippen molar-refractivity contribution in [2.24, 2.45) is 0 Å². The predicted molar refractivity (Wildman–Crippen MR) is 256 cm³/mol. The average molecular weight is 815 g/mol. The zero-order valence-corrected chi connectivity index (χ0v) is 34.6. The van der Waals surface area contributed by atoms with Gasteiger partial charge in [0.2, 0.25) is 0 Å². The Labute approximate surface area is 365 Å². The molecule has 3 heterocycles. The van der Waals surface area contributed by atoms with E-state index in [1.807, 2.05) is 84.9 Å². The fraction of sp³-hybridized carbons (Fsp3) is 0.105. The zero-order chi connectivity index (χ0) is 41.7. The monoisotopic (exact) mass is 814 g/mol. The molecular formula is C57H42N4O2. The summed E-state index contributed by atoms with van der Waals surface area (Å²) >= 11 is 0. The van der Waals surface area contributed by atoms with Crippen molar-refractivity contribution in [1.29, 1.82) is 0 Å². The lowest BCUT2D eigenvalue weighted by molar-refractivity contribution is 0.394. The van der Waals surface area contributed by atoms with Gasteiger partial charge in [0.1, 0.15) is 22.3 Å². The molecule has 0 aliphatic heterocycles. The number of nitrogens with zero attached hydrogens (tertiary/aromatic N) is 4. The summed E-state index contributed by atoms with van der Waals surface area (Å²) in [5.41, 5.74) is 12.0. The van der Waals surface area contributed by atoms with Crippen LogP contribution in [-0.2, 0) is 0 Å². The molecule has 0 spiro atoms. The van der Waals surface area contributed by atoms with E-state index in [9.17, 15) is 0 Å². The molecular weight excluding hydrogens is 773 g/mol. The second-order valence-electron chi connectivity index (χ2n) is 16.6. The Kier molecular flexibility index (Phi) is 9.14. The number of hydrogen-bond acceptors (Lipinski definition) is 6. The number of hydrogen-bond donors (Lipinski definition) is 0. The van der Waals surface area contributed by atoms with Crippen molar-refractivity contribution >= 4 is 60.9 Å². The molecule has 0 radical (unpaired) electrons. The quantitative estimate of drug-likeness (QED) is 0.152. The van der Waals surface area contributed by atoms with Crippen molar-refractivity contribution in [2.45, 2.75) is 37.5 Å². The minimum atomic E-state index is 0.400. The van der Waals surface area contributed by atoms with E-state index in [-0.39, 0.29) is 0 Å². The minimum absolute atomic E-state index is 0.400. The summed E-state index contributed by atoms with van der Waals surface area (Å²) < 4.78 is 13.3. The SMILES string of the molecule is c1ccc(-c2nc(-c3ccccc3)nc(-c3cccc4oc5cc(N(c6ccc7c(c6)oc6ccccc67)c6ccccc6C6CCCC(c7ccccc7)C6)ccc5c34)n2)cc1. The normalized spacial score (nSPS) is 15.4. The van der Waals surface area contributed by atoms with Crippen molar-refractivity contribution in [3.05, 3.63) is 205 Å². The Hall–Kier alpha value is -7.83. The van der Waals surface area contributed by atoms with Crippen molar-refractivity contribution in [3.63, 3.8) is 0 Å². The van der Waals surface area contributed by atoms with Crippen molar-refractivity contribution < 1.29 is 8.83 Å². The number of fused-ring (bicyclic) bond motifs is 6. The largest absolute Gasteiger partial charge is 0.456 e.